The lowest BCUT2D eigenvalue weighted by Crippen LogP contribution is -2.34. The van der Waals surface area contributed by atoms with Crippen molar-refractivity contribution in [3.05, 3.63) is 0 Å². The molecule has 0 spiro atoms. The van der Waals surface area contributed by atoms with E-state index < -0.39 is 0 Å². The van der Waals surface area contributed by atoms with Gasteiger partial charge in [0, 0.05) is 6.54 Å². The number of nitrogens with one attached hydrogen (secondary N) is 1. The molecule has 3 heteroatoms. The predicted molar refractivity (Wildman–Crippen MR) is 46.8 cm³/mol. The molecular formula is C9H17NO2. The van der Waals surface area contributed by atoms with Crippen LogP contribution in [0.2, 0.25) is 0 Å². The van der Waals surface area contributed by atoms with Crippen molar-refractivity contribution in [3.8, 4) is 0 Å². The van der Waals surface area contributed by atoms with Crippen LogP contribution in [0, 0.1) is 5.92 Å². The van der Waals surface area contributed by atoms with Crippen LogP contribution >= 0.6 is 0 Å². The normalized spacial score (nSPS) is 36.0. The minimum absolute atomic E-state index is 0.340. The van der Waals surface area contributed by atoms with Crippen molar-refractivity contribution in [2.75, 3.05) is 6.54 Å². The first kappa shape index (κ1) is 9.52. The molecule has 0 bridgehead atoms. The van der Waals surface area contributed by atoms with Gasteiger partial charge in [-0.3, -0.25) is 4.79 Å². The molecule has 1 heterocycles. The summed E-state index contributed by atoms with van der Waals surface area (Å²) in [6.45, 7) is 4.97. The van der Waals surface area contributed by atoms with E-state index in [9.17, 15) is 4.79 Å². The highest BCUT2D eigenvalue weighted by atomic mass is 16.5. The molecule has 1 N–H and O–H groups in total. The number of ether oxygens (including phenoxy) is 1. The zero-order chi connectivity index (χ0) is 8.97. The monoisotopic (exact) mass is 171 g/mol. The summed E-state index contributed by atoms with van der Waals surface area (Å²) in [7, 11) is 0. The molecule has 1 saturated heterocycles. The summed E-state index contributed by atoms with van der Waals surface area (Å²) in [6, 6.07) is 0. The van der Waals surface area contributed by atoms with Crippen LogP contribution in [0.1, 0.15) is 26.7 Å². The zero-order valence-electron chi connectivity index (χ0n) is 7.75. The Morgan fingerprint density at radius 3 is 2.50 bits per heavy atom. The highest BCUT2D eigenvalue weighted by Crippen LogP contribution is 2.23. The number of amides is 1. The maximum atomic E-state index is 10.1. The Hall–Kier alpha value is -0.570. The van der Waals surface area contributed by atoms with Crippen LogP contribution in [-0.2, 0) is 9.53 Å². The summed E-state index contributed by atoms with van der Waals surface area (Å²) in [5.74, 6) is 0.592. The molecule has 3 atom stereocenters. The van der Waals surface area contributed by atoms with Gasteiger partial charge in [0.15, 0.2) is 0 Å². The van der Waals surface area contributed by atoms with E-state index in [-0.39, 0.29) is 0 Å². The average Bonchev–Trinajstić information content (AvgIpc) is 1.99. The maximum absolute atomic E-state index is 10.1. The second-order valence-corrected chi connectivity index (χ2v) is 3.62. The second kappa shape index (κ2) is 4.45. The van der Waals surface area contributed by atoms with Gasteiger partial charge in [0.1, 0.15) is 0 Å². The van der Waals surface area contributed by atoms with Gasteiger partial charge >= 0.3 is 0 Å². The Kier molecular flexibility index (Phi) is 3.53. The largest absolute Gasteiger partial charge is 0.376 e. The molecule has 0 saturated carbocycles. The standard InChI is InChI=1S/C9H17NO2/c1-7-3-9(5-10-6-11)4-8(2)12-7/h6-9H,3-5H2,1-2H3,(H,10,11)/t7-,8+,9?. The molecule has 1 unspecified atom stereocenters. The Morgan fingerprint density at radius 1 is 1.42 bits per heavy atom. The summed E-state index contributed by atoms with van der Waals surface area (Å²) in [5.41, 5.74) is 0. The molecule has 0 radical (unpaired) electrons. The van der Waals surface area contributed by atoms with E-state index >= 15 is 0 Å². The second-order valence-electron chi connectivity index (χ2n) is 3.62. The topological polar surface area (TPSA) is 38.3 Å². The van der Waals surface area contributed by atoms with Gasteiger partial charge in [0.2, 0.25) is 6.41 Å². The summed E-state index contributed by atoms with van der Waals surface area (Å²) in [4.78, 5) is 10.1. The number of carbonyl (C=O) groups is 1. The summed E-state index contributed by atoms with van der Waals surface area (Å²) >= 11 is 0. The zero-order valence-corrected chi connectivity index (χ0v) is 7.75. The number of rotatable bonds is 3. The van der Waals surface area contributed by atoms with Crippen molar-refractivity contribution in [1.29, 1.82) is 0 Å². The third-order valence-corrected chi connectivity index (χ3v) is 2.28. The Bertz CT molecular complexity index is 139. The van der Waals surface area contributed by atoms with Crippen LogP contribution in [0.3, 0.4) is 0 Å². The first-order chi connectivity index (χ1) is 5.72. The minimum atomic E-state index is 0.340. The molecular weight excluding hydrogens is 154 g/mol. The van der Waals surface area contributed by atoms with Gasteiger partial charge < -0.3 is 10.1 Å². The van der Waals surface area contributed by atoms with Gasteiger partial charge in [0.25, 0.3) is 0 Å². The quantitative estimate of drug-likeness (QED) is 0.642. The Morgan fingerprint density at radius 2 is 2.00 bits per heavy atom. The van der Waals surface area contributed by atoms with E-state index in [0.717, 1.165) is 25.8 Å². The maximum Gasteiger partial charge on any atom is 0.207 e. The first-order valence-corrected chi connectivity index (χ1v) is 4.55. The molecule has 1 amide bonds. The van der Waals surface area contributed by atoms with E-state index in [1.165, 1.54) is 0 Å². The molecule has 1 aliphatic heterocycles. The fourth-order valence-electron chi connectivity index (χ4n) is 1.92. The van der Waals surface area contributed by atoms with Gasteiger partial charge in [-0.15, -0.1) is 0 Å². The van der Waals surface area contributed by atoms with Crippen molar-refractivity contribution in [3.63, 3.8) is 0 Å². The summed E-state index contributed by atoms with van der Waals surface area (Å²) in [5, 5.41) is 2.72. The highest BCUT2D eigenvalue weighted by molar-refractivity contribution is 5.45. The lowest BCUT2D eigenvalue weighted by atomic mass is 9.93. The third kappa shape index (κ3) is 2.81. The Balaban J connectivity index is 2.28. The molecule has 0 aromatic rings. The van der Waals surface area contributed by atoms with Crippen LogP contribution in [-0.4, -0.2) is 25.2 Å². The van der Waals surface area contributed by atoms with Crippen molar-refractivity contribution >= 4 is 6.41 Å². The van der Waals surface area contributed by atoms with Crippen LogP contribution in [0.25, 0.3) is 0 Å². The Labute approximate surface area is 73.5 Å². The van der Waals surface area contributed by atoms with Crippen LogP contribution < -0.4 is 5.32 Å². The molecule has 12 heavy (non-hydrogen) atoms. The molecule has 0 aromatic heterocycles. The van der Waals surface area contributed by atoms with Crippen LogP contribution in [0.4, 0.5) is 0 Å². The number of hydrogen-bond donors (Lipinski definition) is 1. The SMILES string of the molecule is C[C@@H]1CC(CNC=O)C[C@H](C)O1. The van der Waals surface area contributed by atoms with Crippen LogP contribution in [0.5, 0.6) is 0 Å². The molecule has 0 aliphatic carbocycles. The highest BCUT2D eigenvalue weighted by Gasteiger charge is 2.23. The minimum Gasteiger partial charge on any atom is -0.376 e. The summed E-state index contributed by atoms with van der Waals surface area (Å²) < 4.78 is 5.58. The van der Waals surface area contributed by atoms with Gasteiger partial charge in [-0.2, -0.15) is 0 Å². The molecule has 3 nitrogen and oxygen atoms in total. The van der Waals surface area contributed by atoms with E-state index in [0.29, 0.717) is 18.1 Å². The van der Waals surface area contributed by atoms with E-state index in [1.807, 2.05) is 0 Å². The number of hydrogen-bond acceptors (Lipinski definition) is 2. The fraction of sp³-hybridized carbons (Fsp3) is 0.889. The lowest BCUT2D eigenvalue weighted by molar-refractivity contribution is -0.110. The van der Waals surface area contributed by atoms with Crippen molar-refractivity contribution in [2.24, 2.45) is 5.92 Å². The van der Waals surface area contributed by atoms with Crippen LogP contribution in [0.15, 0.2) is 0 Å². The number of carbonyl (C=O) groups excluding carboxylic acids is 1. The smallest absolute Gasteiger partial charge is 0.207 e. The molecule has 0 aromatic carbocycles. The average molecular weight is 171 g/mol. The third-order valence-electron chi connectivity index (χ3n) is 2.28. The van der Waals surface area contributed by atoms with E-state index in [2.05, 4.69) is 19.2 Å². The molecule has 1 fully saturated rings. The first-order valence-electron chi connectivity index (χ1n) is 4.55. The lowest BCUT2D eigenvalue weighted by Gasteiger charge is -2.31. The van der Waals surface area contributed by atoms with Gasteiger partial charge in [0.05, 0.1) is 12.2 Å². The van der Waals surface area contributed by atoms with Crippen molar-refractivity contribution in [2.45, 2.75) is 38.9 Å². The fourth-order valence-corrected chi connectivity index (χ4v) is 1.92. The molecule has 1 rings (SSSR count). The van der Waals surface area contributed by atoms with E-state index in [4.69, 9.17) is 4.74 Å². The van der Waals surface area contributed by atoms with Gasteiger partial charge in [-0.05, 0) is 32.6 Å². The van der Waals surface area contributed by atoms with Gasteiger partial charge in [-0.25, -0.2) is 0 Å². The molecule has 1 aliphatic rings. The van der Waals surface area contributed by atoms with Crippen molar-refractivity contribution in [1.82, 2.24) is 5.32 Å². The predicted octanol–water partition coefficient (Wildman–Crippen LogP) is 0.936. The van der Waals surface area contributed by atoms with Gasteiger partial charge in [-0.1, -0.05) is 0 Å². The summed E-state index contributed by atoms with van der Waals surface area (Å²) in [6.07, 6.45) is 3.57. The van der Waals surface area contributed by atoms with Crippen molar-refractivity contribution < 1.29 is 9.53 Å². The molecule has 70 valence electrons. The van der Waals surface area contributed by atoms with E-state index in [1.54, 1.807) is 0 Å².